The second kappa shape index (κ2) is 9.80. The maximum atomic E-state index is 12.6. The Labute approximate surface area is 187 Å². The maximum absolute atomic E-state index is 12.6. The van der Waals surface area contributed by atoms with Crippen LogP contribution < -0.4 is 4.90 Å². The molecule has 1 fully saturated rings. The van der Waals surface area contributed by atoms with Gasteiger partial charge < -0.3 is 14.2 Å². The SMILES string of the molecule is C=CCn1c(C)cc(C(=O)COC(=O)c2ccc(N3CCCC(C)C3)c([N+](=O)[O-])c2)c1C. The number of allylic oxidation sites excluding steroid dienone is 1. The minimum Gasteiger partial charge on any atom is -0.454 e. The number of ketones is 1. The number of hydrogen-bond donors (Lipinski definition) is 0. The number of nitrogens with zero attached hydrogens (tertiary/aromatic N) is 3. The lowest BCUT2D eigenvalue weighted by atomic mass is 9.99. The van der Waals surface area contributed by atoms with Gasteiger partial charge in [-0.25, -0.2) is 4.79 Å². The van der Waals surface area contributed by atoms with E-state index in [0.29, 0.717) is 23.7 Å². The van der Waals surface area contributed by atoms with Gasteiger partial charge >= 0.3 is 5.97 Å². The van der Waals surface area contributed by atoms with Gasteiger partial charge in [-0.1, -0.05) is 13.0 Å². The number of piperidine rings is 1. The molecule has 2 heterocycles. The van der Waals surface area contributed by atoms with Gasteiger partial charge in [0.15, 0.2) is 6.61 Å². The van der Waals surface area contributed by atoms with Crippen LogP contribution in [0.4, 0.5) is 11.4 Å². The van der Waals surface area contributed by atoms with Crippen LogP contribution in [0.1, 0.15) is 51.9 Å². The van der Waals surface area contributed by atoms with Gasteiger partial charge in [0.05, 0.1) is 10.5 Å². The van der Waals surface area contributed by atoms with E-state index >= 15 is 0 Å². The highest BCUT2D eigenvalue weighted by molar-refractivity contribution is 6.00. The van der Waals surface area contributed by atoms with Crippen LogP contribution in [0.3, 0.4) is 0 Å². The van der Waals surface area contributed by atoms with E-state index in [2.05, 4.69) is 13.5 Å². The van der Waals surface area contributed by atoms with Crippen molar-refractivity contribution in [3.8, 4) is 0 Å². The number of anilines is 1. The Morgan fingerprint density at radius 2 is 2.06 bits per heavy atom. The molecule has 0 N–H and O–H groups in total. The molecule has 2 aromatic rings. The Morgan fingerprint density at radius 1 is 1.31 bits per heavy atom. The smallest absolute Gasteiger partial charge is 0.338 e. The third-order valence-electron chi connectivity index (χ3n) is 5.93. The predicted molar refractivity (Wildman–Crippen MR) is 122 cm³/mol. The van der Waals surface area contributed by atoms with Gasteiger partial charge in [-0.05, 0) is 50.8 Å². The number of esters is 1. The molecule has 0 bridgehead atoms. The van der Waals surface area contributed by atoms with Gasteiger partial charge in [0.25, 0.3) is 5.69 Å². The number of hydrogen-bond acceptors (Lipinski definition) is 6. The standard InChI is InChI=1S/C24H29N3O5/c1-5-10-26-17(3)12-20(18(26)4)23(28)15-32-24(29)19-8-9-21(22(13-19)27(30)31)25-11-6-7-16(2)14-25/h5,8-9,12-13,16H,1,6-7,10-11,14-15H2,2-4H3. The maximum Gasteiger partial charge on any atom is 0.338 e. The van der Waals surface area contributed by atoms with Crippen LogP contribution in [0.2, 0.25) is 0 Å². The Balaban J connectivity index is 1.73. The van der Waals surface area contributed by atoms with E-state index in [-0.39, 0.29) is 17.0 Å². The number of rotatable bonds is 8. The van der Waals surface area contributed by atoms with Crippen molar-refractivity contribution in [1.29, 1.82) is 0 Å². The zero-order chi connectivity index (χ0) is 23.4. The first-order valence-electron chi connectivity index (χ1n) is 10.7. The number of aryl methyl sites for hydroxylation is 1. The summed E-state index contributed by atoms with van der Waals surface area (Å²) in [5.74, 6) is -0.637. The van der Waals surface area contributed by atoms with E-state index in [9.17, 15) is 19.7 Å². The summed E-state index contributed by atoms with van der Waals surface area (Å²) in [7, 11) is 0. The fourth-order valence-electron chi connectivity index (χ4n) is 4.26. The molecule has 1 aromatic heterocycles. The van der Waals surface area contributed by atoms with Crippen LogP contribution in [0.15, 0.2) is 36.9 Å². The van der Waals surface area contributed by atoms with Crippen LogP contribution in [0, 0.1) is 29.9 Å². The first-order valence-corrected chi connectivity index (χ1v) is 10.7. The molecule has 32 heavy (non-hydrogen) atoms. The van der Waals surface area contributed by atoms with E-state index in [4.69, 9.17) is 4.74 Å². The van der Waals surface area contributed by atoms with Gasteiger partial charge in [-0.2, -0.15) is 0 Å². The minimum absolute atomic E-state index is 0.0513. The zero-order valence-corrected chi connectivity index (χ0v) is 18.8. The number of aromatic nitrogens is 1. The Bertz CT molecular complexity index is 1060. The lowest BCUT2D eigenvalue weighted by Gasteiger charge is -2.32. The molecule has 1 aliphatic heterocycles. The summed E-state index contributed by atoms with van der Waals surface area (Å²) in [5.41, 5.74) is 2.60. The summed E-state index contributed by atoms with van der Waals surface area (Å²) in [5, 5.41) is 11.7. The average molecular weight is 440 g/mol. The van der Waals surface area contributed by atoms with Gasteiger partial charge in [0.1, 0.15) is 5.69 Å². The fraction of sp³-hybridized carbons (Fsp3) is 0.417. The quantitative estimate of drug-likeness (QED) is 0.198. The first kappa shape index (κ1) is 23.2. The molecule has 1 atom stereocenters. The van der Waals surface area contributed by atoms with E-state index in [1.807, 2.05) is 23.3 Å². The molecule has 8 heteroatoms. The molecule has 0 saturated carbocycles. The highest BCUT2D eigenvalue weighted by Crippen LogP contribution is 2.32. The summed E-state index contributed by atoms with van der Waals surface area (Å²) in [6, 6.07) is 6.10. The van der Waals surface area contributed by atoms with Crippen LogP contribution in [0.25, 0.3) is 0 Å². The van der Waals surface area contributed by atoms with Gasteiger partial charge in [-0.15, -0.1) is 6.58 Å². The Hall–Kier alpha value is -3.42. The Kier molecular flexibility index (Phi) is 7.12. The summed E-state index contributed by atoms with van der Waals surface area (Å²) in [4.78, 5) is 38.3. The highest BCUT2D eigenvalue weighted by atomic mass is 16.6. The molecular weight excluding hydrogens is 410 g/mol. The minimum atomic E-state index is -0.764. The van der Waals surface area contributed by atoms with E-state index in [0.717, 1.165) is 37.3 Å². The number of nitro groups is 1. The van der Waals surface area contributed by atoms with Crippen LogP contribution in [-0.4, -0.2) is 40.9 Å². The number of benzene rings is 1. The molecule has 3 rings (SSSR count). The summed E-state index contributed by atoms with van der Waals surface area (Å²) in [6.45, 7) is 11.2. The number of carbonyl (C=O) groups is 2. The monoisotopic (exact) mass is 439 g/mol. The second-order valence-electron chi connectivity index (χ2n) is 8.34. The zero-order valence-electron chi connectivity index (χ0n) is 18.8. The molecule has 170 valence electrons. The fourth-order valence-corrected chi connectivity index (χ4v) is 4.26. The number of nitro benzene ring substituents is 1. The molecule has 0 amide bonds. The van der Waals surface area contributed by atoms with Crippen molar-refractivity contribution in [3.05, 3.63) is 69.5 Å². The van der Waals surface area contributed by atoms with E-state index in [1.54, 1.807) is 18.2 Å². The molecule has 1 unspecified atom stereocenters. The van der Waals surface area contributed by atoms with E-state index < -0.39 is 17.5 Å². The largest absolute Gasteiger partial charge is 0.454 e. The molecule has 1 saturated heterocycles. The lowest BCUT2D eigenvalue weighted by molar-refractivity contribution is -0.384. The molecule has 0 radical (unpaired) electrons. The summed E-state index contributed by atoms with van der Waals surface area (Å²) in [6.07, 6.45) is 3.81. The average Bonchev–Trinajstić information content (AvgIpc) is 3.05. The van der Waals surface area contributed by atoms with Gasteiger partial charge in [-0.3, -0.25) is 14.9 Å². The normalized spacial score (nSPS) is 16.0. The first-order chi connectivity index (χ1) is 15.2. The van der Waals surface area contributed by atoms with Crippen LogP contribution in [0.5, 0.6) is 0 Å². The highest BCUT2D eigenvalue weighted by Gasteiger charge is 2.26. The van der Waals surface area contributed by atoms with Crippen molar-refractivity contribution in [2.24, 2.45) is 5.92 Å². The molecule has 1 aromatic carbocycles. The summed E-state index contributed by atoms with van der Waals surface area (Å²) < 4.78 is 7.14. The second-order valence-corrected chi connectivity index (χ2v) is 8.34. The van der Waals surface area contributed by atoms with Crippen molar-refractivity contribution in [2.45, 2.75) is 40.2 Å². The predicted octanol–water partition coefficient (Wildman–Crippen LogP) is 4.48. The lowest BCUT2D eigenvalue weighted by Crippen LogP contribution is -2.34. The number of carbonyl (C=O) groups excluding carboxylic acids is 2. The van der Waals surface area contributed by atoms with Crippen LogP contribution >= 0.6 is 0 Å². The molecule has 8 nitrogen and oxygen atoms in total. The van der Waals surface area contributed by atoms with Crippen molar-refractivity contribution >= 4 is 23.1 Å². The third kappa shape index (κ3) is 4.90. The third-order valence-corrected chi connectivity index (χ3v) is 5.93. The topological polar surface area (TPSA) is 94.7 Å². The van der Waals surface area contributed by atoms with Crippen molar-refractivity contribution in [1.82, 2.24) is 4.57 Å². The van der Waals surface area contributed by atoms with Crippen molar-refractivity contribution in [3.63, 3.8) is 0 Å². The Morgan fingerprint density at radius 3 is 2.72 bits per heavy atom. The number of ether oxygens (including phenoxy) is 1. The molecule has 0 aliphatic carbocycles. The molecule has 0 spiro atoms. The number of Topliss-reactive ketones (excluding diaryl/α,β-unsaturated/α-hetero) is 1. The molecule has 1 aliphatic rings. The van der Waals surface area contributed by atoms with Crippen LogP contribution in [-0.2, 0) is 11.3 Å². The summed E-state index contributed by atoms with van der Waals surface area (Å²) >= 11 is 0. The van der Waals surface area contributed by atoms with E-state index in [1.165, 1.54) is 12.1 Å². The van der Waals surface area contributed by atoms with Gasteiger partial charge in [0, 0.05) is 42.7 Å². The van der Waals surface area contributed by atoms with Crippen molar-refractivity contribution in [2.75, 3.05) is 24.6 Å². The molecular formula is C24H29N3O5. The van der Waals surface area contributed by atoms with Gasteiger partial charge in [0.2, 0.25) is 5.78 Å². The van der Waals surface area contributed by atoms with Crippen molar-refractivity contribution < 1.29 is 19.2 Å².